The van der Waals surface area contributed by atoms with Crippen LogP contribution in [0, 0.1) is 6.92 Å². The molecule has 0 spiro atoms. The monoisotopic (exact) mass is 326 g/mol. The van der Waals surface area contributed by atoms with Crippen LogP contribution in [-0.2, 0) is 12.8 Å². The minimum absolute atomic E-state index is 0.185. The predicted molar refractivity (Wildman–Crippen MR) is 90.8 cm³/mol. The predicted octanol–water partition coefficient (Wildman–Crippen LogP) is 1.62. The van der Waals surface area contributed by atoms with E-state index in [1.54, 1.807) is 0 Å². The smallest absolute Gasteiger partial charge is 0.227 e. The molecule has 3 aromatic rings. The van der Waals surface area contributed by atoms with Crippen LogP contribution in [0.2, 0.25) is 0 Å². The fourth-order valence-corrected chi connectivity index (χ4v) is 3.17. The van der Waals surface area contributed by atoms with Gasteiger partial charge in [-0.25, -0.2) is 4.98 Å². The lowest BCUT2D eigenvalue weighted by Crippen LogP contribution is -2.44. The van der Waals surface area contributed by atoms with Gasteiger partial charge in [0.1, 0.15) is 5.82 Å². The van der Waals surface area contributed by atoms with Gasteiger partial charge in [-0.15, -0.1) is 0 Å². The molecular weight excluding hydrogens is 304 g/mol. The van der Waals surface area contributed by atoms with E-state index < -0.39 is 0 Å². The number of hydrogen-bond acceptors (Lipinski definition) is 6. The van der Waals surface area contributed by atoms with E-state index in [9.17, 15) is 0 Å². The molecule has 0 saturated carbocycles. The van der Waals surface area contributed by atoms with Crippen LogP contribution in [-0.4, -0.2) is 51.7 Å². The summed E-state index contributed by atoms with van der Waals surface area (Å²) in [5, 5.41) is 7.53. The molecule has 1 aliphatic heterocycles. The van der Waals surface area contributed by atoms with Crippen LogP contribution < -0.4 is 5.32 Å². The van der Waals surface area contributed by atoms with Crippen molar-refractivity contribution < 1.29 is 4.52 Å². The highest BCUT2D eigenvalue weighted by molar-refractivity contribution is 5.78. The molecular formula is C17H22N6O. The molecule has 0 amide bonds. The van der Waals surface area contributed by atoms with E-state index in [2.05, 4.69) is 56.4 Å². The molecule has 1 aliphatic rings. The highest BCUT2D eigenvalue weighted by Gasteiger charge is 2.25. The molecule has 1 fully saturated rings. The van der Waals surface area contributed by atoms with Crippen molar-refractivity contribution in [2.24, 2.45) is 0 Å². The number of likely N-dealkylation sites (N-methyl/N-ethyl adjacent to an activating group) is 1. The maximum absolute atomic E-state index is 5.43. The second-order valence-electron chi connectivity index (χ2n) is 6.40. The Morgan fingerprint density at radius 2 is 2.21 bits per heavy atom. The average Bonchev–Trinajstić information content (AvgIpc) is 3.20. The Kier molecular flexibility index (Phi) is 4.03. The number of imidazole rings is 1. The molecule has 2 aromatic heterocycles. The molecule has 0 bridgehead atoms. The van der Waals surface area contributed by atoms with Gasteiger partial charge < -0.3 is 14.8 Å². The third kappa shape index (κ3) is 2.92. The Labute approximate surface area is 140 Å². The summed E-state index contributed by atoms with van der Waals surface area (Å²) in [7, 11) is 2.10. The van der Waals surface area contributed by atoms with Gasteiger partial charge in [-0.3, -0.25) is 4.90 Å². The van der Waals surface area contributed by atoms with E-state index in [0.717, 1.165) is 48.7 Å². The Balaban J connectivity index is 1.45. The van der Waals surface area contributed by atoms with Crippen molar-refractivity contribution in [3.63, 3.8) is 0 Å². The topological polar surface area (TPSA) is 82.9 Å². The summed E-state index contributed by atoms with van der Waals surface area (Å²) in [6.07, 6.45) is 1.45. The zero-order valence-corrected chi connectivity index (χ0v) is 14.0. The van der Waals surface area contributed by atoms with Gasteiger partial charge in [0, 0.05) is 32.5 Å². The fraction of sp³-hybridized carbons (Fsp3) is 0.471. The van der Waals surface area contributed by atoms with E-state index in [0.29, 0.717) is 12.3 Å². The maximum atomic E-state index is 5.43. The normalized spacial score (nSPS) is 19.2. The number of rotatable bonds is 4. The van der Waals surface area contributed by atoms with Gasteiger partial charge in [0.25, 0.3) is 0 Å². The lowest BCUT2D eigenvalue weighted by Gasteiger charge is -2.30. The second kappa shape index (κ2) is 6.33. The highest BCUT2D eigenvalue weighted by atomic mass is 16.5. The standard InChI is InChI=1S/C17H22N6O/c1-11-4-3-5-12-16(11)20-14(19-12)6-7-15-21-17(22-24-15)13-10-18-8-9-23(13)2/h3-5,13,18H,6-10H2,1-2H3,(H,19,20). The molecule has 7 nitrogen and oxygen atoms in total. The molecule has 3 heterocycles. The number of aromatic nitrogens is 4. The number of hydrogen-bond donors (Lipinski definition) is 2. The first-order valence-corrected chi connectivity index (χ1v) is 8.38. The molecule has 24 heavy (non-hydrogen) atoms. The third-order valence-corrected chi connectivity index (χ3v) is 4.63. The zero-order chi connectivity index (χ0) is 16.5. The van der Waals surface area contributed by atoms with E-state index >= 15 is 0 Å². The number of H-pyrrole nitrogens is 1. The van der Waals surface area contributed by atoms with Crippen LogP contribution in [0.3, 0.4) is 0 Å². The Morgan fingerprint density at radius 3 is 3.04 bits per heavy atom. The van der Waals surface area contributed by atoms with Gasteiger partial charge in [0.15, 0.2) is 5.82 Å². The van der Waals surface area contributed by atoms with Gasteiger partial charge >= 0.3 is 0 Å². The number of para-hydroxylation sites is 1. The summed E-state index contributed by atoms with van der Waals surface area (Å²) >= 11 is 0. The largest absolute Gasteiger partial charge is 0.342 e. The van der Waals surface area contributed by atoms with Crippen LogP contribution in [0.25, 0.3) is 11.0 Å². The number of aryl methyl sites for hydroxylation is 3. The van der Waals surface area contributed by atoms with E-state index in [1.807, 2.05) is 6.07 Å². The lowest BCUT2D eigenvalue weighted by molar-refractivity contribution is 0.190. The molecule has 1 aromatic carbocycles. The van der Waals surface area contributed by atoms with Crippen molar-refractivity contribution in [3.8, 4) is 0 Å². The van der Waals surface area contributed by atoms with Crippen LogP contribution in [0.15, 0.2) is 22.7 Å². The molecule has 4 rings (SSSR count). The summed E-state index contributed by atoms with van der Waals surface area (Å²) in [5.74, 6) is 2.39. The molecule has 1 saturated heterocycles. The van der Waals surface area contributed by atoms with Gasteiger partial charge in [0.05, 0.1) is 17.1 Å². The minimum atomic E-state index is 0.185. The van der Waals surface area contributed by atoms with Gasteiger partial charge in [-0.05, 0) is 25.6 Å². The van der Waals surface area contributed by atoms with Crippen LogP contribution in [0.5, 0.6) is 0 Å². The summed E-state index contributed by atoms with van der Waals surface area (Å²) in [6, 6.07) is 6.35. The van der Waals surface area contributed by atoms with Gasteiger partial charge in [-0.2, -0.15) is 4.98 Å². The second-order valence-corrected chi connectivity index (χ2v) is 6.40. The fourth-order valence-electron chi connectivity index (χ4n) is 3.17. The first-order valence-electron chi connectivity index (χ1n) is 8.38. The molecule has 1 unspecified atom stereocenters. The summed E-state index contributed by atoms with van der Waals surface area (Å²) < 4.78 is 5.43. The van der Waals surface area contributed by atoms with Crippen molar-refractivity contribution in [3.05, 3.63) is 41.3 Å². The van der Waals surface area contributed by atoms with Crippen LogP contribution in [0.4, 0.5) is 0 Å². The number of piperazine rings is 1. The number of aromatic amines is 1. The molecule has 0 aliphatic carbocycles. The molecule has 2 N–H and O–H groups in total. The maximum Gasteiger partial charge on any atom is 0.227 e. The van der Waals surface area contributed by atoms with Crippen molar-refractivity contribution in [2.45, 2.75) is 25.8 Å². The van der Waals surface area contributed by atoms with Gasteiger partial charge in [-0.1, -0.05) is 17.3 Å². The third-order valence-electron chi connectivity index (χ3n) is 4.63. The van der Waals surface area contributed by atoms with E-state index in [-0.39, 0.29) is 6.04 Å². The van der Waals surface area contributed by atoms with E-state index in [1.165, 1.54) is 5.56 Å². The summed E-state index contributed by atoms with van der Waals surface area (Å²) in [5.41, 5.74) is 3.29. The number of fused-ring (bicyclic) bond motifs is 1. The highest BCUT2D eigenvalue weighted by Crippen LogP contribution is 2.19. The van der Waals surface area contributed by atoms with Crippen LogP contribution in [0.1, 0.15) is 29.1 Å². The van der Waals surface area contributed by atoms with Crippen LogP contribution >= 0.6 is 0 Å². The van der Waals surface area contributed by atoms with Crippen molar-refractivity contribution >= 4 is 11.0 Å². The Bertz CT molecular complexity index is 839. The first-order chi connectivity index (χ1) is 11.7. The molecule has 126 valence electrons. The lowest BCUT2D eigenvalue weighted by atomic mass is 10.2. The zero-order valence-electron chi connectivity index (χ0n) is 14.0. The van der Waals surface area contributed by atoms with Gasteiger partial charge in [0.2, 0.25) is 5.89 Å². The van der Waals surface area contributed by atoms with Crippen molar-refractivity contribution in [1.82, 2.24) is 30.3 Å². The molecule has 0 radical (unpaired) electrons. The SMILES string of the molecule is Cc1cccc2[nH]c(CCc3nc(C4CNCCN4C)no3)nc12. The summed E-state index contributed by atoms with van der Waals surface area (Å²) in [6.45, 7) is 4.93. The Morgan fingerprint density at radius 1 is 1.29 bits per heavy atom. The number of nitrogens with one attached hydrogen (secondary N) is 2. The quantitative estimate of drug-likeness (QED) is 0.758. The van der Waals surface area contributed by atoms with Crippen molar-refractivity contribution in [1.29, 1.82) is 0 Å². The average molecular weight is 326 g/mol. The Hall–Kier alpha value is -2.25. The number of nitrogens with zero attached hydrogens (tertiary/aromatic N) is 4. The molecule has 7 heteroatoms. The van der Waals surface area contributed by atoms with E-state index in [4.69, 9.17) is 4.52 Å². The number of benzene rings is 1. The summed E-state index contributed by atoms with van der Waals surface area (Å²) in [4.78, 5) is 14.9. The first kappa shape index (κ1) is 15.3. The minimum Gasteiger partial charge on any atom is -0.342 e. The van der Waals surface area contributed by atoms with Crippen molar-refractivity contribution in [2.75, 3.05) is 26.7 Å². The molecule has 1 atom stereocenters.